The fraction of sp³-hybridized carbons (Fsp3) is 0.900. The van der Waals surface area contributed by atoms with Gasteiger partial charge < -0.3 is 5.11 Å². The second-order valence-corrected chi connectivity index (χ2v) is 6.53. The molecule has 0 aromatic carbocycles. The highest BCUT2D eigenvalue weighted by Gasteiger charge is 2.40. The Bertz CT molecular complexity index is 430. The van der Waals surface area contributed by atoms with Gasteiger partial charge in [0.15, 0.2) is 0 Å². The van der Waals surface area contributed by atoms with E-state index in [4.69, 9.17) is 5.11 Å². The molecule has 0 spiro atoms. The summed E-state index contributed by atoms with van der Waals surface area (Å²) in [6.07, 6.45) is -2.04. The van der Waals surface area contributed by atoms with Crippen LogP contribution in [0.3, 0.4) is 0 Å². The number of alkyl halides is 3. The molecule has 0 atom stereocenters. The molecule has 1 aliphatic rings. The summed E-state index contributed by atoms with van der Waals surface area (Å²) in [4.78, 5) is 10.6. The van der Waals surface area contributed by atoms with Crippen LogP contribution in [0.2, 0.25) is 0 Å². The van der Waals surface area contributed by atoms with Crippen LogP contribution in [0.15, 0.2) is 0 Å². The van der Waals surface area contributed by atoms with Crippen molar-refractivity contribution in [1.82, 2.24) is 8.61 Å². The highest BCUT2D eigenvalue weighted by molar-refractivity contribution is 7.86. The molecule has 0 saturated carbocycles. The molecule has 0 aliphatic carbocycles. The quantitative estimate of drug-likeness (QED) is 0.822. The van der Waals surface area contributed by atoms with Crippen LogP contribution in [0.25, 0.3) is 0 Å². The number of carbonyl (C=O) groups is 1. The topological polar surface area (TPSA) is 77.9 Å². The fourth-order valence-corrected chi connectivity index (χ4v) is 3.63. The minimum Gasteiger partial charge on any atom is -0.480 e. The lowest BCUT2D eigenvalue weighted by Gasteiger charge is -2.28. The van der Waals surface area contributed by atoms with Crippen molar-refractivity contribution < 1.29 is 31.5 Å². The van der Waals surface area contributed by atoms with E-state index in [1.54, 1.807) is 0 Å². The summed E-state index contributed by atoms with van der Waals surface area (Å²) in [5.74, 6) is -1.62. The summed E-state index contributed by atoms with van der Waals surface area (Å²) in [6.45, 7) is -2.75. The van der Waals surface area contributed by atoms with Gasteiger partial charge in [-0.15, -0.1) is 0 Å². The van der Waals surface area contributed by atoms with E-state index in [9.17, 15) is 26.4 Å². The van der Waals surface area contributed by atoms with E-state index < -0.39 is 35.4 Å². The molecule has 1 fully saturated rings. The number of rotatable bonds is 5. The molecule has 1 heterocycles. The number of halogens is 3. The summed E-state index contributed by atoms with van der Waals surface area (Å²) in [5.41, 5.74) is 0. The van der Waals surface area contributed by atoms with Crippen molar-refractivity contribution >= 4 is 16.2 Å². The summed E-state index contributed by atoms with van der Waals surface area (Å²) in [6, 6.07) is 0. The standard InChI is InChI=1S/C10H17F3N2O4S/c11-10(12,13)8-15(7-9(16)17)20(18,19)14-5-3-1-2-4-6-14/h1-8H2,(H,16,17). The molecule has 0 unspecified atom stereocenters. The van der Waals surface area contributed by atoms with Crippen molar-refractivity contribution in [1.29, 1.82) is 0 Å². The molecule has 1 rings (SSSR count). The Morgan fingerprint density at radius 3 is 2.05 bits per heavy atom. The van der Waals surface area contributed by atoms with Gasteiger partial charge >= 0.3 is 12.1 Å². The van der Waals surface area contributed by atoms with Crippen LogP contribution in [-0.4, -0.2) is 60.5 Å². The number of aliphatic carboxylic acids is 1. The van der Waals surface area contributed by atoms with Crippen molar-refractivity contribution in [3.8, 4) is 0 Å². The van der Waals surface area contributed by atoms with E-state index in [-0.39, 0.29) is 17.4 Å². The largest absolute Gasteiger partial charge is 0.480 e. The zero-order valence-corrected chi connectivity index (χ0v) is 11.6. The molecule has 1 saturated heterocycles. The monoisotopic (exact) mass is 318 g/mol. The lowest BCUT2D eigenvalue weighted by molar-refractivity contribution is -0.146. The number of carboxylic acids is 1. The molecule has 6 nitrogen and oxygen atoms in total. The molecule has 0 bridgehead atoms. The van der Waals surface area contributed by atoms with Crippen LogP contribution in [0.1, 0.15) is 25.7 Å². The molecule has 0 amide bonds. The van der Waals surface area contributed by atoms with Crippen LogP contribution in [0.5, 0.6) is 0 Å². The highest BCUT2D eigenvalue weighted by Crippen LogP contribution is 2.22. The van der Waals surface area contributed by atoms with E-state index in [0.717, 1.165) is 17.1 Å². The summed E-state index contributed by atoms with van der Waals surface area (Å²) < 4.78 is 62.4. The Morgan fingerprint density at radius 2 is 1.65 bits per heavy atom. The van der Waals surface area contributed by atoms with Crippen LogP contribution < -0.4 is 0 Å². The smallest absolute Gasteiger partial charge is 0.402 e. The van der Waals surface area contributed by atoms with Crippen LogP contribution >= 0.6 is 0 Å². The van der Waals surface area contributed by atoms with E-state index in [1.807, 2.05) is 0 Å². The minimum absolute atomic E-state index is 0.0271. The van der Waals surface area contributed by atoms with E-state index in [0.29, 0.717) is 12.8 Å². The first-order chi connectivity index (χ1) is 9.13. The van der Waals surface area contributed by atoms with Gasteiger partial charge in [0.05, 0.1) is 0 Å². The first-order valence-corrected chi connectivity index (χ1v) is 7.56. The van der Waals surface area contributed by atoms with Gasteiger partial charge in [0, 0.05) is 13.1 Å². The summed E-state index contributed by atoms with van der Waals surface area (Å²) >= 11 is 0. The lowest BCUT2D eigenvalue weighted by atomic mass is 10.2. The molecule has 1 aliphatic heterocycles. The fourth-order valence-electron chi connectivity index (χ4n) is 2.01. The van der Waals surface area contributed by atoms with Crippen molar-refractivity contribution in [3.05, 3.63) is 0 Å². The second kappa shape index (κ2) is 6.72. The predicted molar refractivity (Wildman–Crippen MR) is 64.2 cm³/mol. The van der Waals surface area contributed by atoms with Crippen LogP contribution in [0, 0.1) is 0 Å². The molecule has 0 radical (unpaired) electrons. The third-order valence-corrected chi connectivity index (χ3v) is 4.81. The summed E-state index contributed by atoms with van der Waals surface area (Å²) in [7, 11) is -4.41. The Hall–Kier alpha value is -0.870. The Kier molecular flexibility index (Phi) is 5.78. The third kappa shape index (κ3) is 5.25. The third-order valence-electron chi connectivity index (χ3n) is 2.88. The van der Waals surface area contributed by atoms with Gasteiger partial charge in [-0.2, -0.15) is 30.2 Å². The average Bonchev–Trinajstić information content (AvgIpc) is 2.54. The maximum Gasteiger partial charge on any atom is 0.402 e. The van der Waals surface area contributed by atoms with Gasteiger partial charge in [-0.3, -0.25) is 4.79 Å². The average molecular weight is 318 g/mol. The van der Waals surface area contributed by atoms with Gasteiger partial charge in [-0.05, 0) is 12.8 Å². The zero-order chi connectivity index (χ0) is 15.4. The number of carboxylic acid groups (broad SMARTS) is 1. The SMILES string of the molecule is O=C(O)CN(CC(F)(F)F)S(=O)(=O)N1CCCCCC1. The van der Waals surface area contributed by atoms with Crippen molar-refractivity contribution in [2.24, 2.45) is 0 Å². The molecule has 118 valence electrons. The first kappa shape index (κ1) is 17.2. The zero-order valence-electron chi connectivity index (χ0n) is 10.8. The second-order valence-electron chi connectivity index (χ2n) is 4.60. The van der Waals surface area contributed by atoms with Gasteiger partial charge in [-0.25, -0.2) is 0 Å². The van der Waals surface area contributed by atoms with Gasteiger partial charge in [0.2, 0.25) is 0 Å². The number of hydrogen-bond acceptors (Lipinski definition) is 3. The van der Waals surface area contributed by atoms with Gasteiger partial charge in [0.25, 0.3) is 10.2 Å². The maximum absolute atomic E-state index is 12.4. The molecule has 0 aromatic heterocycles. The van der Waals surface area contributed by atoms with Gasteiger partial charge in [-0.1, -0.05) is 12.8 Å². The Balaban J connectivity index is 2.93. The van der Waals surface area contributed by atoms with Crippen molar-refractivity contribution in [3.63, 3.8) is 0 Å². The molecule has 20 heavy (non-hydrogen) atoms. The van der Waals surface area contributed by atoms with Crippen LogP contribution in [-0.2, 0) is 15.0 Å². The van der Waals surface area contributed by atoms with Crippen molar-refractivity contribution in [2.45, 2.75) is 31.9 Å². The predicted octanol–water partition coefficient (Wildman–Crippen LogP) is 1.06. The molecule has 0 aromatic rings. The normalized spacial score (nSPS) is 19.0. The Labute approximate surface area is 115 Å². The van der Waals surface area contributed by atoms with E-state index in [2.05, 4.69) is 0 Å². The summed E-state index contributed by atoms with van der Waals surface area (Å²) in [5, 5.41) is 8.61. The number of hydrogen-bond donors (Lipinski definition) is 1. The lowest BCUT2D eigenvalue weighted by Crippen LogP contribution is -2.49. The van der Waals surface area contributed by atoms with E-state index in [1.165, 1.54) is 0 Å². The minimum atomic E-state index is -4.78. The van der Waals surface area contributed by atoms with E-state index >= 15 is 0 Å². The van der Waals surface area contributed by atoms with Crippen molar-refractivity contribution in [2.75, 3.05) is 26.2 Å². The van der Waals surface area contributed by atoms with Gasteiger partial charge in [0.1, 0.15) is 13.1 Å². The molecular formula is C10H17F3N2O4S. The molecular weight excluding hydrogens is 301 g/mol. The Morgan fingerprint density at radius 1 is 1.15 bits per heavy atom. The van der Waals surface area contributed by atoms with Crippen LogP contribution in [0.4, 0.5) is 13.2 Å². The maximum atomic E-state index is 12.4. The highest BCUT2D eigenvalue weighted by atomic mass is 32.2. The number of nitrogens with zero attached hydrogens (tertiary/aromatic N) is 2. The molecule has 1 N–H and O–H groups in total. The first-order valence-electron chi connectivity index (χ1n) is 6.17. The molecule has 10 heteroatoms.